The Hall–Kier alpha value is -0.460. The van der Waals surface area contributed by atoms with Crippen molar-refractivity contribution in [2.45, 2.75) is 18.4 Å². The predicted molar refractivity (Wildman–Crippen MR) is 60.9 cm³/mol. The summed E-state index contributed by atoms with van der Waals surface area (Å²) in [4.78, 5) is 22.3. The summed E-state index contributed by atoms with van der Waals surface area (Å²) in [5.74, 6) is -1.89. The molecule has 0 aliphatic rings. The Morgan fingerprint density at radius 1 is 1.38 bits per heavy atom. The molecule has 0 heterocycles. The average molecular weight is 296 g/mol. The number of rotatable bonds is 7. The van der Waals surface area contributed by atoms with Crippen molar-refractivity contribution in [3.05, 3.63) is 0 Å². The second-order valence-corrected chi connectivity index (χ2v) is 5.68. The van der Waals surface area contributed by atoms with Crippen LogP contribution < -0.4 is 5.11 Å². The van der Waals surface area contributed by atoms with Crippen molar-refractivity contribution in [1.82, 2.24) is 0 Å². The van der Waals surface area contributed by atoms with Crippen LogP contribution in [0.4, 0.5) is 0 Å². The third-order valence-corrected chi connectivity index (χ3v) is 2.41. The highest BCUT2D eigenvalue weighted by molar-refractivity contribution is 9.09. The van der Waals surface area contributed by atoms with E-state index in [1.807, 2.05) is 0 Å². The van der Waals surface area contributed by atoms with Gasteiger partial charge in [-0.25, -0.2) is 0 Å². The van der Waals surface area contributed by atoms with Gasteiger partial charge in [0.2, 0.25) is 0 Å². The van der Waals surface area contributed by atoms with Crippen molar-refractivity contribution in [1.29, 1.82) is 0 Å². The first kappa shape index (κ1) is 15.5. The third kappa shape index (κ3) is 5.58. The number of Topliss-reactive ketones (excluding diaryl/α,β-unsaturated/α-hetero) is 1. The number of nitrogens with zero attached hydrogens (tertiary/aromatic N) is 1. The number of halogens is 1. The largest absolute Gasteiger partial charge is 0.550 e. The number of ketones is 1. The molecule has 5 nitrogen and oxygen atoms in total. The standard InChI is InChI=1S/C10H18BrNO4/c1-12(2,3)7-10(16,6-9(14)15)8(13)4-5-11/h16H,4-7H2,1-3H3. The van der Waals surface area contributed by atoms with Crippen LogP contribution in [0, 0.1) is 0 Å². The van der Waals surface area contributed by atoms with Gasteiger partial charge in [-0.1, -0.05) is 15.9 Å². The van der Waals surface area contributed by atoms with Gasteiger partial charge in [0.1, 0.15) is 6.54 Å². The van der Waals surface area contributed by atoms with Gasteiger partial charge in [-0.3, -0.25) is 4.79 Å². The number of aliphatic carboxylic acids is 1. The zero-order valence-electron chi connectivity index (χ0n) is 9.83. The molecule has 0 bridgehead atoms. The van der Waals surface area contributed by atoms with Crippen molar-refractivity contribution in [3.63, 3.8) is 0 Å². The number of aliphatic hydroxyl groups is 1. The molecule has 0 saturated carbocycles. The fourth-order valence-corrected chi connectivity index (χ4v) is 1.94. The fraction of sp³-hybridized carbons (Fsp3) is 0.800. The van der Waals surface area contributed by atoms with Gasteiger partial charge < -0.3 is 19.5 Å². The van der Waals surface area contributed by atoms with Crippen LogP contribution in [-0.4, -0.2) is 60.0 Å². The number of carbonyl (C=O) groups is 2. The zero-order chi connectivity index (χ0) is 13.0. The molecule has 0 aromatic heterocycles. The zero-order valence-corrected chi connectivity index (χ0v) is 11.4. The van der Waals surface area contributed by atoms with Gasteiger partial charge in [0.25, 0.3) is 0 Å². The van der Waals surface area contributed by atoms with Crippen LogP contribution in [0.3, 0.4) is 0 Å². The van der Waals surface area contributed by atoms with Gasteiger partial charge >= 0.3 is 0 Å². The molecular weight excluding hydrogens is 278 g/mol. The highest BCUT2D eigenvalue weighted by atomic mass is 79.9. The van der Waals surface area contributed by atoms with Gasteiger partial charge in [-0.15, -0.1) is 0 Å². The minimum absolute atomic E-state index is 0.0484. The Balaban J connectivity index is 4.87. The molecule has 0 amide bonds. The third-order valence-electron chi connectivity index (χ3n) is 2.01. The molecule has 0 aliphatic carbocycles. The minimum atomic E-state index is -1.84. The highest BCUT2D eigenvalue weighted by Gasteiger charge is 2.40. The molecule has 0 radical (unpaired) electrons. The summed E-state index contributed by atoms with van der Waals surface area (Å²) in [5, 5.41) is 21.1. The summed E-state index contributed by atoms with van der Waals surface area (Å²) in [6, 6.07) is 0. The van der Waals surface area contributed by atoms with Crippen molar-refractivity contribution in [2.24, 2.45) is 0 Å². The molecule has 0 aromatic rings. The van der Waals surface area contributed by atoms with Crippen LogP contribution in [0.1, 0.15) is 12.8 Å². The van der Waals surface area contributed by atoms with Crippen molar-refractivity contribution in [2.75, 3.05) is 33.0 Å². The molecule has 0 rings (SSSR count). The number of alkyl halides is 1. The smallest absolute Gasteiger partial charge is 0.177 e. The lowest BCUT2D eigenvalue weighted by atomic mass is 9.91. The van der Waals surface area contributed by atoms with Crippen LogP contribution in [0.15, 0.2) is 0 Å². The molecule has 94 valence electrons. The molecule has 0 spiro atoms. The normalized spacial score (nSPS) is 15.6. The minimum Gasteiger partial charge on any atom is -0.550 e. The second kappa shape index (κ2) is 5.75. The molecule has 1 unspecified atom stereocenters. The summed E-state index contributed by atoms with van der Waals surface area (Å²) >= 11 is 3.09. The first-order chi connectivity index (χ1) is 7.10. The number of carboxylic acid groups (broad SMARTS) is 1. The predicted octanol–water partition coefficient (Wildman–Crippen LogP) is -1.08. The molecule has 1 atom stereocenters. The Morgan fingerprint density at radius 2 is 1.88 bits per heavy atom. The summed E-state index contributed by atoms with van der Waals surface area (Å²) in [7, 11) is 5.34. The van der Waals surface area contributed by atoms with Gasteiger partial charge in [-0.05, 0) is 0 Å². The van der Waals surface area contributed by atoms with E-state index in [1.165, 1.54) is 0 Å². The fourth-order valence-electron chi connectivity index (χ4n) is 1.58. The summed E-state index contributed by atoms with van der Waals surface area (Å²) in [6.07, 6.45) is -0.557. The van der Waals surface area contributed by atoms with E-state index in [2.05, 4.69) is 15.9 Å². The monoisotopic (exact) mass is 295 g/mol. The molecular formula is C10H18BrNO4. The molecule has 0 aromatic carbocycles. The molecule has 0 aliphatic heterocycles. The average Bonchev–Trinajstić information content (AvgIpc) is 1.98. The topological polar surface area (TPSA) is 77.4 Å². The summed E-state index contributed by atoms with van der Waals surface area (Å²) in [6.45, 7) is 0.0484. The number of quaternary nitrogens is 1. The summed E-state index contributed by atoms with van der Waals surface area (Å²) < 4.78 is 0.303. The van der Waals surface area contributed by atoms with Crippen LogP contribution in [0.2, 0.25) is 0 Å². The van der Waals surface area contributed by atoms with E-state index in [0.717, 1.165) is 0 Å². The summed E-state index contributed by atoms with van der Waals surface area (Å²) in [5.41, 5.74) is -1.84. The maximum absolute atomic E-state index is 11.7. The highest BCUT2D eigenvalue weighted by Crippen LogP contribution is 2.17. The maximum Gasteiger partial charge on any atom is 0.177 e. The van der Waals surface area contributed by atoms with E-state index >= 15 is 0 Å². The maximum atomic E-state index is 11.7. The number of hydrogen-bond acceptors (Lipinski definition) is 4. The first-order valence-corrected chi connectivity index (χ1v) is 6.05. The van der Waals surface area contributed by atoms with Crippen molar-refractivity contribution in [3.8, 4) is 0 Å². The molecule has 0 saturated heterocycles. The van der Waals surface area contributed by atoms with Crippen LogP contribution in [0.25, 0.3) is 0 Å². The first-order valence-electron chi connectivity index (χ1n) is 4.93. The Bertz CT molecular complexity index is 274. The lowest BCUT2D eigenvalue weighted by Crippen LogP contribution is -2.56. The molecule has 1 N–H and O–H groups in total. The lowest BCUT2D eigenvalue weighted by Gasteiger charge is -2.34. The lowest BCUT2D eigenvalue weighted by molar-refractivity contribution is -0.875. The van der Waals surface area contributed by atoms with E-state index in [-0.39, 0.29) is 13.0 Å². The molecule has 16 heavy (non-hydrogen) atoms. The number of carboxylic acids is 1. The van der Waals surface area contributed by atoms with E-state index in [1.54, 1.807) is 21.1 Å². The molecule has 6 heteroatoms. The van der Waals surface area contributed by atoms with Crippen LogP contribution in [-0.2, 0) is 9.59 Å². The number of likely N-dealkylation sites (N-methyl/N-ethyl adjacent to an activating group) is 1. The SMILES string of the molecule is C[N+](C)(C)CC(O)(CC(=O)[O-])C(=O)CCBr. The van der Waals surface area contributed by atoms with E-state index in [9.17, 15) is 19.8 Å². The van der Waals surface area contributed by atoms with Gasteiger partial charge in [0.15, 0.2) is 11.4 Å². The number of carbonyl (C=O) groups excluding carboxylic acids is 2. The van der Waals surface area contributed by atoms with Gasteiger partial charge in [-0.2, -0.15) is 0 Å². The second-order valence-electron chi connectivity index (χ2n) is 4.89. The Labute approximate surface area is 104 Å². The number of hydrogen-bond donors (Lipinski definition) is 1. The quantitative estimate of drug-likeness (QED) is 0.479. The van der Waals surface area contributed by atoms with E-state index < -0.39 is 23.8 Å². The van der Waals surface area contributed by atoms with E-state index in [4.69, 9.17) is 0 Å². The van der Waals surface area contributed by atoms with E-state index in [0.29, 0.717) is 9.81 Å². The van der Waals surface area contributed by atoms with Gasteiger partial charge in [0.05, 0.1) is 21.1 Å². The van der Waals surface area contributed by atoms with Crippen molar-refractivity contribution < 1.29 is 24.3 Å². The van der Waals surface area contributed by atoms with Gasteiger partial charge in [0, 0.05) is 24.1 Å². The van der Waals surface area contributed by atoms with Crippen molar-refractivity contribution >= 4 is 27.7 Å². The Morgan fingerprint density at radius 3 is 2.19 bits per heavy atom. The Kier molecular flexibility index (Phi) is 5.58. The van der Waals surface area contributed by atoms with Crippen LogP contribution >= 0.6 is 15.9 Å². The molecule has 0 fully saturated rings. The van der Waals surface area contributed by atoms with Crippen LogP contribution in [0.5, 0.6) is 0 Å².